The number of aliphatic imine (C=N–C) groups is 1. The van der Waals surface area contributed by atoms with Crippen LogP contribution in [0, 0.1) is 0 Å². The average molecular weight is 668 g/mol. The predicted octanol–water partition coefficient (Wildman–Crippen LogP) is 12.6. The van der Waals surface area contributed by atoms with Gasteiger partial charge < -0.3 is 4.40 Å². The van der Waals surface area contributed by atoms with Crippen LogP contribution in [0.15, 0.2) is 157 Å². The number of allylic oxidation sites excluding steroid dienone is 1. The zero-order valence-electron chi connectivity index (χ0n) is 27.6. The summed E-state index contributed by atoms with van der Waals surface area (Å²) in [5, 5.41) is 11.5. The maximum Gasteiger partial charge on any atom is 0.134 e. The highest BCUT2D eigenvalue weighted by Crippen LogP contribution is 2.47. The number of thiophene rings is 1. The lowest BCUT2D eigenvalue weighted by Gasteiger charge is -2.16. The maximum absolute atomic E-state index is 5.74. The zero-order chi connectivity index (χ0) is 33.2. The SMILES string of the molecule is C1=C(n2c3ccccc3c3cc4c5cc6ccccc6cc5n5c6ccccc6c(c32)c45)N=C(c2ccccc2)c2sc3ccccc3c2CC1. The van der Waals surface area contributed by atoms with Gasteiger partial charge in [0.1, 0.15) is 5.82 Å². The third kappa shape index (κ3) is 3.69. The monoisotopic (exact) mass is 667 g/mol. The normalized spacial score (nSPS) is 14.0. The first-order valence-corrected chi connectivity index (χ1v) is 18.5. The van der Waals surface area contributed by atoms with Gasteiger partial charge in [0.05, 0.1) is 38.2 Å². The molecule has 0 fully saturated rings. The molecule has 0 atom stereocenters. The van der Waals surface area contributed by atoms with Crippen molar-refractivity contribution in [1.82, 2.24) is 8.97 Å². The van der Waals surface area contributed by atoms with Crippen LogP contribution in [-0.4, -0.2) is 14.7 Å². The smallest absolute Gasteiger partial charge is 0.134 e. The molecule has 0 aliphatic carbocycles. The fourth-order valence-electron chi connectivity index (χ4n) is 8.96. The summed E-state index contributed by atoms with van der Waals surface area (Å²) in [6.45, 7) is 0. The third-order valence-electron chi connectivity index (χ3n) is 11.1. The quantitative estimate of drug-likeness (QED) is 0.175. The Hall–Kier alpha value is -6.23. The van der Waals surface area contributed by atoms with E-state index in [4.69, 9.17) is 4.99 Å². The van der Waals surface area contributed by atoms with Crippen molar-refractivity contribution in [2.45, 2.75) is 12.8 Å². The van der Waals surface area contributed by atoms with E-state index in [0.29, 0.717) is 0 Å². The zero-order valence-corrected chi connectivity index (χ0v) is 28.4. The molecule has 0 unspecified atom stereocenters. The highest BCUT2D eigenvalue weighted by molar-refractivity contribution is 7.21. The molecule has 51 heavy (non-hydrogen) atoms. The van der Waals surface area contributed by atoms with Gasteiger partial charge in [0.2, 0.25) is 0 Å². The van der Waals surface area contributed by atoms with Gasteiger partial charge in [0.15, 0.2) is 0 Å². The highest BCUT2D eigenvalue weighted by atomic mass is 32.1. The first-order chi connectivity index (χ1) is 25.3. The average Bonchev–Trinajstić information content (AvgIpc) is 3.90. The number of para-hydroxylation sites is 2. The van der Waals surface area contributed by atoms with Crippen molar-refractivity contribution < 1.29 is 0 Å². The summed E-state index contributed by atoms with van der Waals surface area (Å²) < 4.78 is 6.30. The third-order valence-corrected chi connectivity index (χ3v) is 12.3. The molecular formula is C47H29N3S. The lowest BCUT2D eigenvalue weighted by atomic mass is 9.99. The second-order valence-electron chi connectivity index (χ2n) is 13.8. The van der Waals surface area contributed by atoms with Crippen molar-refractivity contribution in [1.29, 1.82) is 0 Å². The fraction of sp³-hybridized carbons (Fsp3) is 0.0426. The van der Waals surface area contributed by atoms with E-state index >= 15 is 0 Å². The molecular weight excluding hydrogens is 639 g/mol. The second-order valence-corrected chi connectivity index (χ2v) is 14.9. The molecule has 5 heterocycles. The number of fused-ring (bicyclic) bond motifs is 14. The van der Waals surface area contributed by atoms with E-state index in [2.05, 4.69) is 161 Å². The van der Waals surface area contributed by atoms with Crippen molar-refractivity contribution in [3.8, 4) is 0 Å². The molecule has 0 saturated heterocycles. The largest absolute Gasteiger partial charge is 0.308 e. The molecule has 3 nitrogen and oxygen atoms in total. The van der Waals surface area contributed by atoms with Crippen LogP contribution in [0.1, 0.15) is 22.4 Å². The van der Waals surface area contributed by atoms with Crippen LogP contribution in [0.25, 0.3) is 86.6 Å². The summed E-state index contributed by atoms with van der Waals surface area (Å²) in [4.78, 5) is 7.01. The molecule has 0 N–H and O–H groups in total. The Balaban J connectivity index is 1.25. The van der Waals surface area contributed by atoms with E-state index in [-0.39, 0.29) is 0 Å². The van der Waals surface area contributed by atoms with E-state index in [1.807, 2.05) is 11.3 Å². The van der Waals surface area contributed by atoms with Crippen LogP contribution in [0.2, 0.25) is 0 Å². The molecule has 11 aromatic rings. The fourth-order valence-corrected chi connectivity index (χ4v) is 10.2. The number of benzene rings is 7. The topological polar surface area (TPSA) is 21.7 Å². The number of hydrogen-bond donors (Lipinski definition) is 0. The molecule has 7 aromatic carbocycles. The van der Waals surface area contributed by atoms with Gasteiger partial charge in [-0.1, -0.05) is 109 Å². The molecule has 4 aromatic heterocycles. The van der Waals surface area contributed by atoms with Crippen LogP contribution in [0.5, 0.6) is 0 Å². The number of nitrogens with zero attached hydrogens (tertiary/aromatic N) is 3. The van der Waals surface area contributed by atoms with Crippen LogP contribution in [0.4, 0.5) is 0 Å². The Morgan fingerprint density at radius 3 is 2.08 bits per heavy atom. The van der Waals surface area contributed by atoms with Crippen LogP contribution < -0.4 is 0 Å². The highest BCUT2D eigenvalue weighted by Gasteiger charge is 2.26. The summed E-state index contributed by atoms with van der Waals surface area (Å²) in [6, 6.07) is 53.4. The Morgan fingerprint density at radius 2 is 1.22 bits per heavy atom. The first kappa shape index (κ1) is 27.6. The number of aryl methyl sites for hydroxylation is 1. The summed E-state index contributed by atoms with van der Waals surface area (Å²) in [7, 11) is 0. The van der Waals surface area contributed by atoms with E-state index in [1.165, 1.54) is 91.2 Å². The van der Waals surface area contributed by atoms with Gasteiger partial charge in [0.25, 0.3) is 0 Å². The molecule has 0 saturated carbocycles. The standard InChI is InChI=1S/C47H29N3S/c1-2-13-28(14-3-1)44-47-33(32-18-8-11-23-41(32)51-47)20-12-24-42(48-44)50-38-21-9-6-17-31(38)36-27-37-35-25-29-15-4-5-16-30(29)26-40(35)49-39-22-10-7-19-34(39)43(45(37)49)46(36)50/h1-11,13-19,21-27H,12,20H2. The summed E-state index contributed by atoms with van der Waals surface area (Å²) in [5.74, 6) is 0.983. The minimum atomic E-state index is 0.906. The minimum absolute atomic E-state index is 0.906. The summed E-state index contributed by atoms with van der Waals surface area (Å²) in [6.07, 6.45) is 4.25. The van der Waals surface area contributed by atoms with Crippen molar-refractivity contribution in [2.24, 2.45) is 4.99 Å². The Labute approximate surface area is 296 Å². The maximum atomic E-state index is 5.74. The van der Waals surface area contributed by atoms with E-state index in [0.717, 1.165) is 29.9 Å². The van der Waals surface area contributed by atoms with Crippen molar-refractivity contribution in [3.63, 3.8) is 0 Å². The van der Waals surface area contributed by atoms with Gasteiger partial charge in [-0.05, 0) is 77.0 Å². The van der Waals surface area contributed by atoms with Gasteiger partial charge in [-0.2, -0.15) is 0 Å². The molecule has 238 valence electrons. The van der Waals surface area contributed by atoms with E-state index in [9.17, 15) is 0 Å². The lowest BCUT2D eigenvalue weighted by Crippen LogP contribution is -2.09. The van der Waals surface area contributed by atoms with E-state index in [1.54, 1.807) is 0 Å². The van der Waals surface area contributed by atoms with Crippen molar-refractivity contribution in [3.05, 3.63) is 168 Å². The number of hydrogen-bond acceptors (Lipinski definition) is 2. The number of rotatable bonds is 2. The molecule has 4 heteroatoms. The van der Waals surface area contributed by atoms with Crippen molar-refractivity contribution in [2.75, 3.05) is 0 Å². The lowest BCUT2D eigenvalue weighted by molar-refractivity contribution is 0.994. The molecule has 0 radical (unpaired) electrons. The summed E-state index contributed by atoms with van der Waals surface area (Å²) in [5.41, 5.74) is 9.77. The van der Waals surface area contributed by atoms with Gasteiger partial charge in [0, 0.05) is 42.6 Å². The van der Waals surface area contributed by atoms with Gasteiger partial charge >= 0.3 is 0 Å². The molecule has 0 bridgehead atoms. The van der Waals surface area contributed by atoms with E-state index < -0.39 is 0 Å². The Kier molecular flexibility index (Phi) is 5.49. The molecule has 0 amide bonds. The van der Waals surface area contributed by atoms with Crippen LogP contribution >= 0.6 is 11.3 Å². The predicted molar refractivity (Wildman–Crippen MR) is 218 cm³/mol. The molecule has 1 aliphatic heterocycles. The van der Waals surface area contributed by atoms with Crippen molar-refractivity contribution >= 4 is 104 Å². The molecule has 12 rings (SSSR count). The van der Waals surface area contributed by atoms with Gasteiger partial charge in [-0.3, -0.25) is 4.57 Å². The number of aromatic nitrogens is 2. The molecule has 1 aliphatic rings. The molecule has 0 spiro atoms. The second kappa shape index (κ2) is 10.2. The van der Waals surface area contributed by atoms with Crippen LogP contribution in [0.3, 0.4) is 0 Å². The Bertz CT molecular complexity index is 3300. The Morgan fingerprint density at radius 1 is 0.529 bits per heavy atom. The minimum Gasteiger partial charge on any atom is -0.308 e. The first-order valence-electron chi connectivity index (χ1n) is 17.7. The van der Waals surface area contributed by atoms with Crippen LogP contribution in [-0.2, 0) is 6.42 Å². The summed E-state index contributed by atoms with van der Waals surface area (Å²) >= 11 is 1.87. The van der Waals surface area contributed by atoms with Gasteiger partial charge in [-0.15, -0.1) is 11.3 Å². The van der Waals surface area contributed by atoms with Gasteiger partial charge in [-0.25, -0.2) is 4.99 Å².